The summed E-state index contributed by atoms with van der Waals surface area (Å²) in [6.07, 6.45) is 3.42. The minimum absolute atomic E-state index is 0.0499. The van der Waals surface area contributed by atoms with Gasteiger partial charge >= 0.3 is 5.97 Å². The summed E-state index contributed by atoms with van der Waals surface area (Å²) in [5, 5.41) is 8.85. The first kappa shape index (κ1) is 14.1. The second-order valence-electron chi connectivity index (χ2n) is 3.26. The van der Waals surface area contributed by atoms with E-state index in [0.717, 1.165) is 0 Å². The number of hydrogen-bond donors (Lipinski definition) is 1. The molecule has 5 heteroatoms. The van der Waals surface area contributed by atoms with Gasteiger partial charge in [-0.05, 0) is 18.2 Å². The molecule has 0 rings (SSSR count). The normalized spacial score (nSPS) is 15.0. The highest BCUT2D eigenvalue weighted by Gasteiger charge is 2.29. The Morgan fingerprint density at radius 1 is 1.43 bits per heavy atom. The fourth-order valence-electron chi connectivity index (χ4n) is 1.25. The third-order valence-corrected chi connectivity index (χ3v) is 3.15. The van der Waals surface area contributed by atoms with Crippen LogP contribution in [0.2, 0.25) is 0 Å². The quantitative estimate of drug-likeness (QED) is 0.820. The van der Waals surface area contributed by atoms with Gasteiger partial charge in [0.1, 0.15) is 4.49 Å². The Morgan fingerprint density at radius 2 is 1.93 bits per heavy atom. The molecule has 1 N–H and O–H groups in total. The molecule has 0 aromatic heterocycles. The second kappa shape index (κ2) is 6.59. The molecule has 0 aliphatic rings. The highest BCUT2D eigenvalue weighted by Crippen LogP contribution is 2.28. The average Bonchev–Trinajstić information content (AvgIpc) is 2.00. The molecule has 0 saturated heterocycles. The first-order chi connectivity index (χ1) is 6.40. The highest BCUT2D eigenvalue weighted by molar-refractivity contribution is 7.99. The molecule has 2 nitrogen and oxygen atoms in total. The zero-order chi connectivity index (χ0) is 11.3. The van der Waals surface area contributed by atoms with Crippen molar-refractivity contribution in [2.45, 2.75) is 19.1 Å². The number of halogens is 2. The second-order valence-corrected chi connectivity index (χ2v) is 5.29. The standard InChI is InChI=1S/C9H14Cl2O2S/c1-5(2)8(9(12)13)6(14-3)4-7(10)11/h4-6,8H,1-3H3,(H,12,13). The molecule has 14 heavy (non-hydrogen) atoms. The zero-order valence-electron chi connectivity index (χ0n) is 8.33. The molecular weight excluding hydrogens is 243 g/mol. The molecule has 0 aliphatic heterocycles. The number of hydrogen-bond acceptors (Lipinski definition) is 2. The molecule has 0 heterocycles. The number of carbonyl (C=O) groups is 1. The molecule has 0 bridgehead atoms. The summed E-state index contributed by atoms with van der Waals surface area (Å²) in [7, 11) is 0. The van der Waals surface area contributed by atoms with E-state index >= 15 is 0 Å². The van der Waals surface area contributed by atoms with Gasteiger partial charge in [0.2, 0.25) is 0 Å². The van der Waals surface area contributed by atoms with Crippen LogP contribution in [-0.2, 0) is 4.79 Å². The van der Waals surface area contributed by atoms with Crippen LogP contribution in [0, 0.1) is 11.8 Å². The molecule has 2 atom stereocenters. The van der Waals surface area contributed by atoms with Gasteiger partial charge in [-0.25, -0.2) is 0 Å². The fourth-order valence-corrected chi connectivity index (χ4v) is 2.66. The van der Waals surface area contributed by atoms with Crippen molar-refractivity contribution < 1.29 is 9.90 Å². The van der Waals surface area contributed by atoms with Crippen molar-refractivity contribution in [1.29, 1.82) is 0 Å². The summed E-state index contributed by atoms with van der Waals surface area (Å²) in [6, 6.07) is 0. The van der Waals surface area contributed by atoms with Crippen LogP contribution < -0.4 is 0 Å². The molecule has 0 fully saturated rings. The lowest BCUT2D eigenvalue weighted by molar-refractivity contribution is -0.142. The topological polar surface area (TPSA) is 37.3 Å². The smallest absolute Gasteiger partial charge is 0.308 e. The SMILES string of the molecule is CSC(C=C(Cl)Cl)C(C(=O)O)C(C)C. The minimum Gasteiger partial charge on any atom is -0.481 e. The molecule has 82 valence electrons. The Morgan fingerprint density at radius 3 is 2.14 bits per heavy atom. The molecule has 0 spiro atoms. The average molecular weight is 257 g/mol. The number of aliphatic carboxylic acids is 1. The van der Waals surface area contributed by atoms with Gasteiger partial charge in [-0.15, -0.1) is 0 Å². The molecule has 0 aromatic carbocycles. The lowest BCUT2D eigenvalue weighted by Crippen LogP contribution is -2.29. The van der Waals surface area contributed by atoms with Gasteiger partial charge in [-0.1, -0.05) is 37.0 Å². The molecule has 2 unspecified atom stereocenters. The molecule has 0 aliphatic carbocycles. The van der Waals surface area contributed by atoms with E-state index < -0.39 is 11.9 Å². The summed E-state index contributed by atoms with van der Waals surface area (Å²) in [4.78, 5) is 11.0. The van der Waals surface area contributed by atoms with Crippen molar-refractivity contribution in [3.05, 3.63) is 10.6 Å². The lowest BCUT2D eigenvalue weighted by atomic mass is 9.92. The van der Waals surface area contributed by atoms with Crippen molar-refractivity contribution in [1.82, 2.24) is 0 Å². The maximum absolute atomic E-state index is 11.0. The van der Waals surface area contributed by atoms with Crippen molar-refractivity contribution in [3.8, 4) is 0 Å². The van der Waals surface area contributed by atoms with E-state index in [2.05, 4.69) is 0 Å². The largest absolute Gasteiger partial charge is 0.481 e. The van der Waals surface area contributed by atoms with E-state index in [4.69, 9.17) is 28.3 Å². The number of carboxylic acid groups (broad SMARTS) is 1. The zero-order valence-corrected chi connectivity index (χ0v) is 10.7. The van der Waals surface area contributed by atoms with Crippen LogP contribution in [0.4, 0.5) is 0 Å². The predicted molar refractivity (Wildman–Crippen MR) is 63.1 cm³/mol. The summed E-state index contributed by atoms with van der Waals surface area (Å²) >= 11 is 12.5. The van der Waals surface area contributed by atoms with E-state index in [0.29, 0.717) is 0 Å². The van der Waals surface area contributed by atoms with E-state index in [9.17, 15) is 4.79 Å². The maximum Gasteiger partial charge on any atom is 0.308 e. The summed E-state index contributed by atoms with van der Waals surface area (Å²) in [5.41, 5.74) is 0. The lowest BCUT2D eigenvalue weighted by Gasteiger charge is -2.22. The van der Waals surface area contributed by atoms with Crippen LogP contribution in [-0.4, -0.2) is 22.6 Å². The highest BCUT2D eigenvalue weighted by atomic mass is 35.5. The Hall–Kier alpha value is 0.140. The van der Waals surface area contributed by atoms with Crippen LogP contribution in [0.15, 0.2) is 10.6 Å². The van der Waals surface area contributed by atoms with Crippen LogP contribution in [0.3, 0.4) is 0 Å². The van der Waals surface area contributed by atoms with E-state index in [1.54, 1.807) is 6.08 Å². The molecule has 0 radical (unpaired) electrons. The van der Waals surface area contributed by atoms with Crippen LogP contribution in [0.1, 0.15) is 13.8 Å². The molecule has 0 amide bonds. The van der Waals surface area contributed by atoms with E-state index in [1.165, 1.54) is 11.8 Å². The fraction of sp³-hybridized carbons (Fsp3) is 0.667. The Labute approximate surface area is 98.7 Å². The van der Waals surface area contributed by atoms with Crippen LogP contribution in [0.25, 0.3) is 0 Å². The van der Waals surface area contributed by atoms with E-state index in [1.807, 2.05) is 20.1 Å². The van der Waals surface area contributed by atoms with E-state index in [-0.39, 0.29) is 15.7 Å². The van der Waals surface area contributed by atoms with Crippen molar-refractivity contribution in [2.75, 3.05) is 6.26 Å². The van der Waals surface area contributed by atoms with Gasteiger partial charge < -0.3 is 5.11 Å². The van der Waals surface area contributed by atoms with Gasteiger partial charge in [0.15, 0.2) is 0 Å². The van der Waals surface area contributed by atoms with Gasteiger partial charge in [-0.3, -0.25) is 4.79 Å². The number of rotatable bonds is 5. The Bertz CT molecular complexity index is 225. The van der Waals surface area contributed by atoms with Gasteiger partial charge in [-0.2, -0.15) is 11.8 Å². The van der Waals surface area contributed by atoms with Gasteiger partial charge in [0, 0.05) is 5.25 Å². The summed E-state index contributed by atoms with van der Waals surface area (Å²) in [5.74, 6) is -1.23. The monoisotopic (exact) mass is 256 g/mol. The first-order valence-electron chi connectivity index (χ1n) is 4.18. The van der Waals surface area contributed by atoms with Crippen LogP contribution in [0.5, 0.6) is 0 Å². The maximum atomic E-state index is 11.0. The van der Waals surface area contributed by atoms with Crippen molar-refractivity contribution in [2.24, 2.45) is 11.8 Å². The molecule has 0 saturated carbocycles. The molecular formula is C9H14Cl2O2S. The van der Waals surface area contributed by atoms with Crippen molar-refractivity contribution >= 4 is 40.9 Å². The predicted octanol–water partition coefficient (Wildman–Crippen LogP) is 3.39. The third kappa shape index (κ3) is 4.58. The summed E-state index contributed by atoms with van der Waals surface area (Å²) < 4.78 is 0.122. The Kier molecular flexibility index (Phi) is 6.66. The van der Waals surface area contributed by atoms with Crippen LogP contribution >= 0.6 is 35.0 Å². The van der Waals surface area contributed by atoms with Gasteiger partial charge in [0.25, 0.3) is 0 Å². The third-order valence-electron chi connectivity index (χ3n) is 1.92. The minimum atomic E-state index is -0.815. The van der Waals surface area contributed by atoms with Crippen molar-refractivity contribution in [3.63, 3.8) is 0 Å². The summed E-state index contributed by atoms with van der Waals surface area (Å²) in [6.45, 7) is 3.75. The number of thioether (sulfide) groups is 1. The first-order valence-corrected chi connectivity index (χ1v) is 6.23. The Balaban J connectivity index is 4.77. The van der Waals surface area contributed by atoms with Gasteiger partial charge in [0.05, 0.1) is 5.92 Å². The molecule has 0 aromatic rings. The number of carboxylic acids is 1.